The highest BCUT2D eigenvalue weighted by Crippen LogP contribution is 2.42. The van der Waals surface area contributed by atoms with Gasteiger partial charge in [-0.05, 0) is 63.5 Å². The van der Waals surface area contributed by atoms with Gasteiger partial charge in [0, 0.05) is 11.6 Å². The molecular weight excluding hydrogens is 328 g/mol. The molecule has 1 aromatic carbocycles. The molecule has 0 bridgehead atoms. The van der Waals surface area contributed by atoms with Gasteiger partial charge in [0.1, 0.15) is 23.2 Å². The molecule has 138 valence electrons. The summed E-state index contributed by atoms with van der Waals surface area (Å²) in [6.45, 7) is 13.9. The molecule has 0 N–H and O–H groups in total. The average molecular weight is 354 g/mol. The summed E-state index contributed by atoms with van der Waals surface area (Å²) in [7, 11) is 0. The van der Waals surface area contributed by atoms with Crippen molar-refractivity contribution >= 4 is 17.0 Å². The van der Waals surface area contributed by atoms with Gasteiger partial charge in [-0.3, -0.25) is 0 Å². The van der Waals surface area contributed by atoms with Crippen molar-refractivity contribution < 1.29 is 13.9 Å². The quantitative estimate of drug-likeness (QED) is 0.544. The number of hydrogen-bond acceptors (Lipinski definition) is 4. The molecule has 0 spiro atoms. The predicted octanol–water partition coefficient (Wildman–Crippen LogP) is 5.24. The summed E-state index contributed by atoms with van der Waals surface area (Å²) >= 11 is 0. The smallest absolute Gasteiger partial charge is 0.336 e. The molecule has 0 aliphatic carbocycles. The third kappa shape index (κ3) is 3.28. The Hall–Kier alpha value is -2.49. The molecule has 1 atom stereocenters. The maximum atomic E-state index is 11.9. The molecular formula is C22H26O4. The fourth-order valence-electron chi connectivity index (χ4n) is 3.10. The summed E-state index contributed by atoms with van der Waals surface area (Å²) in [4.78, 5) is 11.9. The lowest BCUT2D eigenvalue weighted by atomic mass is 9.95. The minimum atomic E-state index is -0.634. The summed E-state index contributed by atoms with van der Waals surface area (Å²) in [6.07, 6.45) is 3.65. The zero-order valence-electron chi connectivity index (χ0n) is 16.1. The highest BCUT2D eigenvalue weighted by molar-refractivity contribution is 5.91. The van der Waals surface area contributed by atoms with Crippen LogP contribution in [0.5, 0.6) is 5.75 Å². The Labute approximate surface area is 154 Å². The summed E-state index contributed by atoms with van der Waals surface area (Å²) in [5.74, 6) is 1.50. The van der Waals surface area contributed by atoms with Gasteiger partial charge in [0.05, 0.1) is 5.39 Å². The van der Waals surface area contributed by atoms with Crippen LogP contribution in [0.25, 0.3) is 17.0 Å². The van der Waals surface area contributed by atoms with Crippen LogP contribution in [0.1, 0.15) is 52.2 Å². The molecule has 1 aromatic heterocycles. The van der Waals surface area contributed by atoms with Crippen LogP contribution in [0.15, 0.2) is 45.3 Å². The number of fused-ring (bicyclic) bond motifs is 3. The minimum absolute atomic E-state index is 0.0974. The van der Waals surface area contributed by atoms with Crippen LogP contribution in [-0.2, 0) is 11.2 Å². The number of ether oxygens (including phenoxy) is 2. The van der Waals surface area contributed by atoms with E-state index in [1.54, 1.807) is 6.07 Å². The zero-order valence-corrected chi connectivity index (χ0v) is 16.1. The van der Waals surface area contributed by atoms with Gasteiger partial charge < -0.3 is 13.9 Å². The molecule has 26 heavy (non-hydrogen) atoms. The Morgan fingerprint density at radius 1 is 1.35 bits per heavy atom. The van der Waals surface area contributed by atoms with Gasteiger partial charge in [-0.25, -0.2) is 4.79 Å². The van der Waals surface area contributed by atoms with E-state index >= 15 is 0 Å². The Balaban J connectivity index is 2.19. The van der Waals surface area contributed by atoms with Gasteiger partial charge in [-0.15, -0.1) is 0 Å². The molecule has 2 heterocycles. The normalized spacial score (nSPS) is 16.4. The molecule has 4 nitrogen and oxygen atoms in total. The molecule has 0 fully saturated rings. The van der Waals surface area contributed by atoms with Crippen molar-refractivity contribution in [1.82, 2.24) is 0 Å². The first-order chi connectivity index (χ1) is 12.2. The molecule has 2 aromatic rings. The van der Waals surface area contributed by atoms with Crippen LogP contribution in [0.2, 0.25) is 0 Å². The summed E-state index contributed by atoms with van der Waals surface area (Å²) in [5, 5.41) is 0.875. The van der Waals surface area contributed by atoms with E-state index < -0.39 is 5.60 Å². The molecule has 0 amide bonds. The minimum Gasteiger partial charge on any atom is -0.486 e. The van der Waals surface area contributed by atoms with Gasteiger partial charge in [0.2, 0.25) is 0 Å². The first-order valence-corrected chi connectivity index (χ1v) is 9.06. The molecule has 1 unspecified atom stereocenters. The second-order valence-corrected chi connectivity index (χ2v) is 7.43. The van der Waals surface area contributed by atoms with Gasteiger partial charge >= 0.3 is 5.63 Å². The van der Waals surface area contributed by atoms with Gasteiger partial charge in [0.15, 0.2) is 5.60 Å². The molecule has 1 aliphatic heterocycles. The third-order valence-corrected chi connectivity index (χ3v) is 4.73. The van der Waals surface area contributed by atoms with Crippen LogP contribution in [0.4, 0.5) is 0 Å². The van der Waals surface area contributed by atoms with Crippen LogP contribution in [-0.4, -0.2) is 11.7 Å². The second kappa shape index (κ2) is 6.67. The number of aryl methyl sites for hydroxylation is 1. The zero-order chi connectivity index (χ0) is 19.1. The second-order valence-electron chi connectivity index (χ2n) is 7.43. The van der Waals surface area contributed by atoms with Crippen molar-refractivity contribution in [2.75, 3.05) is 0 Å². The number of rotatable bonds is 5. The number of hydrogen-bond donors (Lipinski definition) is 0. The lowest BCUT2D eigenvalue weighted by molar-refractivity contribution is 0.0401. The monoisotopic (exact) mass is 354 g/mol. The summed E-state index contributed by atoms with van der Waals surface area (Å²) < 4.78 is 17.9. The van der Waals surface area contributed by atoms with Crippen molar-refractivity contribution in [3.05, 3.63) is 57.7 Å². The summed E-state index contributed by atoms with van der Waals surface area (Å²) in [6, 6.07) is 5.30. The van der Waals surface area contributed by atoms with Crippen molar-refractivity contribution in [1.29, 1.82) is 0 Å². The molecule has 1 aliphatic rings. The largest absolute Gasteiger partial charge is 0.486 e. The Morgan fingerprint density at radius 2 is 2.08 bits per heavy atom. The van der Waals surface area contributed by atoms with E-state index in [1.165, 1.54) is 0 Å². The standard InChI is InChI=1S/C22H26O4/c1-7-8-15-12-19(23)25-17-10-9-16-11-18(24-14(4)13(2)3)22(5,6)26-21(16)20(15)17/h9-12,14H,2,7-8H2,1,3-6H3. The lowest BCUT2D eigenvalue weighted by Crippen LogP contribution is -2.36. The van der Waals surface area contributed by atoms with E-state index in [0.717, 1.165) is 46.4 Å². The van der Waals surface area contributed by atoms with Crippen LogP contribution in [0, 0.1) is 0 Å². The summed E-state index contributed by atoms with van der Waals surface area (Å²) in [5.41, 5.74) is 2.43. The first-order valence-electron chi connectivity index (χ1n) is 9.06. The Kier molecular flexibility index (Phi) is 4.70. The molecule has 0 saturated heterocycles. The van der Waals surface area contributed by atoms with E-state index in [0.29, 0.717) is 5.58 Å². The highest BCUT2D eigenvalue weighted by Gasteiger charge is 2.34. The topological polar surface area (TPSA) is 48.7 Å². The van der Waals surface area contributed by atoms with Crippen molar-refractivity contribution in [3.63, 3.8) is 0 Å². The van der Waals surface area contributed by atoms with Crippen molar-refractivity contribution in [3.8, 4) is 5.75 Å². The van der Waals surface area contributed by atoms with E-state index in [-0.39, 0.29) is 11.7 Å². The SMILES string of the molecule is C=C(C)C(C)OC1=Cc2ccc3oc(=O)cc(CCC)c3c2OC1(C)C. The first kappa shape index (κ1) is 18.3. The van der Waals surface area contributed by atoms with E-state index in [1.807, 2.05) is 45.9 Å². The van der Waals surface area contributed by atoms with E-state index in [2.05, 4.69) is 13.5 Å². The fourth-order valence-corrected chi connectivity index (χ4v) is 3.10. The highest BCUT2D eigenvalue weighted by atomic mass is 16.6. The predicted molar refractivity (Wildman–Crippen MR) is 105 cm³/mol. The average Bonchev–Trinajstić information content (AvgIpc) is 2.54. The van der Waals surface area contributed by atoms with Crippen LogP contribution < -0.4 is 10.4 Å². The Morgan fingerprint density at radius 3 is 2.73 bits per heavy atom. The van der Waals surface area contributed by atoms with Crippen molar-refractivity contribution in [2.24, 2.45) is 0 Å². The van der Waals surface area contributed by atoms with Gasteiger partial charge in [-0.1, -0.05) is 19.9 Å². The van der Waals surface area contributed by atoms with Crippen LogP contribution >= 0.6 is 0 Å². The molecule has 0 radical (unpaired) electrons. The Bertz CT molecular complexity index is 947. The maximum absolute atomic E-state index is 11.9. The molecule has 4 heteroatoms. The van der Waals surface area contributed by atoms with E-state index in [9.17, 15) is 4.79 Å². The molecule has 3 rings (SSSR count). The number of benzene rings is 1. The van der Waals surface area contributed by atoms with Crippen LogP contribution in [0.3, 0.4) is 0 Å². The maximum Gasteiger partial charge on any atom is 0.336 e. The van der Waals surface area contributed by atoms with Gasteiger partial charge in [-0.2, -0.15) is 0 Å². The lowest BCUT2D eigenvalue weighted by Gasteiger charge is -2.35. The van der Waals surface area contributed by atoms with Gasteiger partial charge in [0.25, 0.3) is 0 Å². The fraction of sp³-hybridized carbons (Fsp3) is 0.409. The molecule has 0 saturated carbocycles. The van der Waals surface area contributed by atoms with Crippen molar-refractivity contribution in [2.45, 2.75) is 59.2 Å². The van der Waals surface area contributed by atoms with E-state index in [4.69, 9.17) is 13.9 Å². The third-order valence-electron chi connectivity index (χ3n) is 4.73.